The maximum atomic E-state index is 10.8. The van der Waals surface area contributed by atoms with E-state index in [0.717, 1.165) is 5.56 Å². The first-order valence-electron chi connectivity index (χ1n) is 4.65. The molecule has 1 aromatic carbocycles. The minimum Gasteiger partial charge on any atom is -0.508 e. The first-order chi connectivity index (χ1) is 7.24. The van der Waals surface area contributed by atoms with Gasteiger partial charge in [-0.2, -0.15) is 0 Å². The highest BCUT2D eigenvalue weighted by Crippen LogP contribution is 2.17. The van der Waals surface area contributed by atoms with Crippen LogP contribution in [0.2, 0.25) is 0 Å². The summed E-state index contributed by atoms with van der Waals surface area (Å²) in [4.78, 5) is 10.8. The van der Waals surface area contributed by atoms with Crippen molar-refractivity contribution < 1.29 is 14.6 Å². The van der Waals surface area contributed by atoms with E-state index in [1.165, 1.54) is 14.2 Å². The van der Waals surface area contributed by atoms with Crippen molar-refractivity contribution in [1.29, 1.82) is 0 Å². The van der Waals surface area contributed by atoms with Gasteiger partial charge in [0, 0.05) is 6.42 Å². The molecule has 84 valence electrons. The molecule has 0 heterocycles. The molecule has 0 radical (unpaired) electrons. The lowest BCUT2D eigenvalue weighted by atomic mass is 10.1. The van der Waals surface area contributed by atoms with Gasteiger partial charge in [0.15, 0.2) is 0 Å². The molecule has 0 amide bonds. The highest BCUT2D eigenvalue weighted by Gasteiger charge is 2.03. The van der Waals surface area contributed by atoms with Crippen LogP contribution in [0.1, 0.15) is 12.0 Å². The van der Waals surface area contributed by atoms with E-state index in [2.05, 4.69) is 10.5 Å². The van der Waals surface area contributed by atoms with Crippen molar-refractivity contribution in [2.24, 2.45) is 5.73 Å². The Morgan fingerprint density at radius 3 is 2.53 bits per heavy atom. The van der Waals surface area contributed by atoms with Crippen molar-refractivity contribution in [3.8, 4) is 5.75 Å². The molecule has 0 spiro atoms. The van der Waals surface area contributed by atoms with Gasteiger partial charge in [-0.1, -0.05) is 18.2 Å². The SMILES string of the molecule is CN.COC(=O)CCc1ccccc1O. The monoisotopic (exact) mass is 211 g/mol. The average Bonchev–Trinajstić information content (AvgIpc) is 2.30. The van der Waals surface area contributed by atoms with E-state index in [1.54, 1.807) is 18.2 Å². The number of carbonyl (C=O) groups excluding carboxylic acids is 1. The summed E-state index contributed by atoms with van der Waals surface area (Å²) in [6.45, 7) is 0. The smallest absolute Gasteiger partial charge is 0.305 e. The van der Waals surface area contributed by atoms with Gasteiger partial charge in [0.2, 0.25) is 0 Å². The minimum atomic E-state index is -0.261. The lowest BCUT2D eigenvalue weighted by Gasteiger charge is -2.02. The number of rotatable bonds is 3. The number of hydrogen-bond acceptors (Lipinski definition) is 4. The molecular weight excluding hydrogens is 194 g/mol. The summed E-state index contributed by atoms with van der Waals surface area (Å²) in [7, 11) is 2.85. The van der Waals surface area contributed by atoms with Crippen LogP contribution >= 0.6 is 0 Å². The molecule has 4 heteroatoms. The van der Waals surface area contributed by atoms with Gasteiger partial charge in [0.25, 0.3) is 0 Å². The number of para-hydroxylation sites is 1. The zero-order valence-electron chi connectivity index (χ0n) is 9.06. The van der Waals surface area contributed by atoms with Gasteiger partial charge in [-0.25, -0.2) is 0 Å². The van der Waals surface area contributed by atoms with Crippen LogP contribution in [0.5, 0.6) is 5.75 Å². The molecule has 0 aliphatic carbocycles. The number of phenolic OH excluding ortho intramolecular Hbond substituents is 1. The van der Waals surface area contributed by atoms with Crippen LogP contribution in [-0.4, -0.2) is 25.2 Å². The third kappa shape index (κ3) is 5.02. The summed E-state index contributed by atoms with van der Waals surface area (Å²) < 4.78 is 4.49. The lowest BCUT2D eigenvalue weighted by Crippen LogP contribution is -2.01. The second kappa shape index (κ2) is 7.82. The number of phenols is 1. The molecule has 15 heavy (non-hydrogen) atoms. The second-order valence-electron chi connectivity index (χ2n) is 2.70. The van der Waals surface area contributed by atoms with Crippen LogP contribution in [0.4, 0.5) is 0 Å². The summed E-state index contributed by atoms with van der Waals surface area (Å²) in [6.07, 6.45) is 0.813. The molecule has 0 aliphatic rings. The quantitative estimate of drug-likeness (QED) is 0.733. The van der Waals surface area contributed by atoms with Crippen molar-refractivity contribution >= 4 is 5.97 Å². The molecule has 0 saturated heterocycles. The summed E-state index contributed by atoms with van der Waals surface area (Å²) in [6, 6.07) is 6.97. The Kier molecular flexibility index (Phi) is 7.01. The maximum Gasteiger partial charge on any atom is 0.305 e. The Hall–Kier alpha value is -1.55. The Bertz CT molecular complexity index is 300. The number of methoxy groups -OCH3 is 1. The number of benzene rings is 1. The molecule has 0 atom stereocenters. The largest absolute Gasteiger partial charge is 0.508 e. The van der Waals surface area contributed by atoms with Crippen molar-refractivity contribution in [2.45, 2.75) is 12.8 Å². The van der Waals surface area contributed by atoms with Gasteiger partial charge in [0.1, 0.15) is 5.75 Å². The first-order valence-corrected chi connectivity index (χ1v) is 4.65. The average molecular weight is 211 g/mol. The molecular formula is C11H17NO3. The molecule has 1 aromatic rings. The summed E-state index contributed by atoms with van der Waals surface area (Å²) in [5.41, 5.74) is 5.27. The lowest BCUT2D eigenvalue weighted by molar-refractivity contribution is -0.140. The van der Waals surface area contributed by atoms with E-state index in [0.29, 0.717) is 12.8 Å². The number of aromatic hydroxyl groups is 1. The van der Waals surface area contributed by atoms with E-state index in [-0.39, 0.29) is 11.7 Å². The fourth-order valence-corrected chi connectivity index (χ4v) is 1.06. The third-order valence-corrected chi connectivity index (χ3v) is 1.82. The number of carbonyl (C=O) groups is 1. The van der Waals surface area contributed by atoms with Crippen molar-refractivity contribution in [3.05, 3.63) is 29.8 Å². The van der Waals surface area contributed by atoms with E-state index >= 15 is 0 Å². The molecule has 3 N–H and O–H groups in total. The Morgan fingerprint density at radius 1 is 1.40 bits per heavy atom. The molecule has 0 bridgehead atoms. The zero-order valence-corrected chi connectivity index (χ0v) is 9.06. The van der Waals surface area contributed by atoms with Gasteiger partial charge in [-0.3, -0.25) is 4.79 Å². The van der Waals surface area contributed by atoms with E-state index in [4.69, 9.17) is 0 Å². The third-order valence-electron chi connectivity index (χ3n) is 1.82. The highest BCUT2D eigenvalue weighted by atomic mass is 16.5. The standard InChI is InChI=1S/C10H12O3.CH5N/c1-13-10(12)7-6-8-4-2-3-5-9(8)11;1-2/h2-5,11H,6-7H2,1H3;2H2,1H3. The van der Waals surface area contributed by atoms with Gasteiger partial charge in [-0.05, 0) is 25.1 Å². The van der Waals surface area contributed by atoms with E-state index < -0.39 is 0 Å². The Balaban J connectivity index is 0.000000921. The fraction of sp³-hybridized carbons (Fsp3) is 0.364. The maximum absolute atomic E-state index is 10.8. The first kappa shape index (κ1) is 13.4. The molecule has 1 rings (SSSR count). The molecule has 0 saturated carbocycles. The molecule has 0 aromatic heterocycles. The topological polar surface area (TPSA) is 72.5 Å². The van der Waals surface area contributed by atoms with Crippen LogP contribution in [0.3, 0.4) is 0 Å². The van der Waals surface area contributed by atoms with Crippen LogP contribution in [0.15, 0.2) is 24.3 Å². The van der Waals surface area contributed by atoms with Gasteiger partial charge >= 0.3 is 5.97 Å². The number of aryl methyl sites for hydroxylation is 1. The van der Waals surface area contributed by atoms with Gasteiger partial charge in [-0.15, -0.1) is 0 Å². The van der Waals surface area contributed by atoms with Crippen LogP contribution in [0, 0.1) is 0 Å². The van der Waals surface area contributed by atoms with Crippen molar-refractivity contribution in [3.63, 3.8) is 0 Å². The summed E-state index contributed by atoms with van der Waals surface area (Å²) >= 11 is 0. The number of nitrogens with two attached hydrogens (primary N) is 1. The summed E-state index contributed by atoms with van der Waals surface area (Å²) in [5, 5.41) is 9.34. The van der Waals surface area contributed by atoms with Crippen LogP contribution in [-0.2, 0) is 16.0 Å². The highest BCUT2D eigenvalue weighted by molar-refractivity contribution is 5.69. The number of hydrogen-bond donors (Lipinski definition) is 2. The van der Waals surface area contributed by atoms with Crippen LogP contribution < -0.4 is 5.73 Å². The van der Waals surface area contributed by atoms with Crippen molar-refractivity contribution in [2.75, 3.05) is 14.2 Å². The van der Waals surface area contributed by atoms with Gasteiger partial charge < -0.3 is 15.6 Å². The molecule has 0 fully saturated rings. The fourth-order valence-electron chi connectivity index (χ4n) is 1.06. The normalized spacial score (nSPS) is 8.73. The van der Waals surface area contributed by atoms with Crippen molar-refractivity contribution in [1.82, 2.24) is 0 Å². The Morgan fingerprint density at radius 2 is 2.00 bits per heavy atom. The zero-order chi connectivity index (χ0) is 11.7. The predicted octanol–water partition coefficient (Wildman–Crippen LogP) is 1.07. The second-order valence-corrected chi connectivity index (χ2v) is 2.70. The van der Waals surface area contributed by atoms with E-state index in [9.17, 15) is 9.90 Å². The number of ether oxygens (including phenoxy) is 1. The predicted molar refractivity (Wildman–Crippen MR) is 58.6 cm³/mol. The Labute approximate surface area is 89.7 Å². The molecule has 0 aliphatic heterocycles. The van der Waals surface area contributed by atoms with E-state index in [1.807, 2.05) is 6.07 Å². The molecule has 4 nitrogen and oxygen atoms in total. The minimum absolute atomic E-state index is 0.228. The summed E-state index contributed by atoms with van der Waals surface area (Å²) in [5.74, 6) is -0.0327. The molecule has 0 unspecified atom stereocenters. The van der Waals surface area contributed by atoms with Gasteiger partial charge in [0.05, 0.1) is 7.11 Å². The van der Waals surface area contributed by atoms with Crippen LogP contribution in [0.25, 0.3) is 0 Å². The number of esters is 1.